The van der Waals surface area contributed by atoms with Gasteiger partial charge >= 0.3 is 6.18 Å². The van der Waals surface area contributed by atoms with Crippen LogP contribution in [-0.2, 0) is 19.6 Å². The third-order valence-corrected chi connectivity index (χ3v) is 4.42. The van der Waals surface area contributed by atoms with Gasteiger partial charge in [-0.15, -0.1) is 0 Å². The lowest BCUT2D eigenvalue weighted by Gasteiger charge is -2.10. The first-order valence-corrected chi connectivity index (χ1v) is 8.64. The molecule has 0 N–H and O–H groups in total. The molecule has 0 aliphatic heterocycles. The van der Waals surface area contributed by atoms with E-state index in [0.717, 1.165) is 18.8 Å². The first kappa shape index (κ1) is 18.7. The molecule has 0 unspecified atom stereocenters. The number of hydrogen-bond acceptors (Lipinski definition) is 4. The molecule has 148 valence electrons. The Morgan fingerprint density at radius 1 is 1.10 bits per heavy atom. The summed E-state index contributed by atoms with van der Waals surface area (Å²) in [5.41, 5.74) is -0.117. The van der Waals surface area contributed by atoms with E-state index in [2.05, 4.69) is 10.2 Å². The quantitative estimate of drug-likeness (QED) is 0.469. The maximum absolute atomic E-state index is 13.2. The second-order valence-corrected chi connectivity index (χ2v) is 6.41. The smallest absolute Gasteiger partial charge is 0.433 e. The average molecular weight is 400 g/mol. The number of aromatic nitrogens is 4. The molecule has 3 aromatic heterocycles. The largest absolute Gasteiger partial charge is 0.455 e. The van der Waals surface area contributed by atoms with E-state index in [1.54, 1.807) is 53.3 Å². The third kappa shape index (κ3) is 3.71. The normalized spacial score (nSPS) is 11.7. The number of benzene rings is 1. The van der Waals surface area contributed by atoms with Crippen molar-refractivity contribution >= 4 is 11.3 Å². The topological polar surface area (TPSA) is 61.4 Å². The van der Waals surface area contributed by atoms with Gasteiger partial charge in [-0.1, -0.05) is 12.1 Å². The number of alkyl halides is 3. The Balaban J connectivity index is 1.50. The summed E-state index contributed by atoms with van der Waals surface area (Å²) in [7, 11) is 1.16. The molecule has 9 heteroatoms. The molecular formula is C20H15F3N4O2. The zero-order valence-electron chi connectivity index (χ0n) is 15.2. The molecule has 0 amide bonds. The Kier molecular flexibility index (Phi) is 4.57. The fourth-order valence-corrected chi connectivity index (χ4v) is 3.07. The van der Waals surface area contributed by atoms with Crippen molar-refractivity contribution in [2.75, 3.05) is 0 Å². The molecule has 0 saturated carbocycles. The van der Waals surface area contributed by atoms with E-state index in [9.17, 15) is 18.0 Å². The van der Waals surface area contributed by atoms with E-state index in [1.807, 2.05) is 6.07 Å². The lowest BCUT2D eigenvalue weighted by Crippen LogP contribution is -2.17. The van der Waals surface area contributed by atoms with Crippen molar-refractivity contribution in [3.63, 3.8) is 0 Å². The Morgan fingerprint density at radius 3 is 2.59 bits per heavy atom. The van der Waals surface area contributed by atoms with Crippen molar-refractivity contribution in [3.8, 4) is 11.5 Å². The third-order valence-electron chi connectivity index (χ3n) is 4.42. The van der Waals surface area contributed by atoms with Crippen LogP contribution in [0.25, 0.3) is 5.52 Å². The van der Waals surface area contributed by atoms with Crippen LogP contribution in [0.15, 0.2) is 61.1 Å². The second kappa shape index (κ2) is 7.08. The summed E-state index contributed by atoms with van der Waals surface area (Å²) in [4.78, 5) is 12.4. The van der Waals surface area contributed by atoms with E-state index in [1.165, 1.54) is 0 Å². The fourth-order valence-electron chi connectivity index (χ4n) is 3.07. The molecule has 0 spiro atoms. The number of hydrogen-bond donors (Lipinski definition) is 0. The first-order valence-electron chi connectivity index (χ1n) is 8.64. The SMILES string of the molecule is Cn1ncc(C(=O)Cc2ccc(Oc3cccn4nccc34)cc2)c1C(F)(F)F. The van der Waals surface area contributed by atoms with Crippen LogP contribution in [0.3, 0.4) is 0 Å². The van der Waals surface area contributed by atoms with Gasteiger partial charge in [-0.05, 0) is 35.9 Å². The van der Waals surface area contributed by atoms with Crippen LogP contribution in [0.4, 0.5) is 13.2 Å². The van der Waals surface area contributed by atoms with Gasteiger partial charge in [0, 0.05) is 19.7 Å². The number of nitrogens with zero attached hydrogens (tertiary/aromatic N) is 4. The monoisotopic (exact) mass is 400 g/mol. The van der Waals surface area contributed by atoms with Crippen LogP contribution in [0.1, 0.15) is 21.6 Å². The number of ketones is 1. The number of carbonyl (C=O) groups excluding carboxylic acids is 1. The van der Waals surface area contributed by atoms with E-state index in [0.29, 0.717) is 21.7 Å². The highest BCUT2D eigenvalue weighted by atomic mass is 19.4. The van der Waals surface area contributed by atoms with Crippen molar-refractivity contribution in [1.29, 1.82) is 0 Å². The second-order valence-electron chi connectivity index (χ2n) is 6.41. The molecule has 0 atom stereocenters. The van der Waals surface area contributed by atoms with Gasteiger partial charge in [-0.2, -0.15) is 23.4 Å². The molecular weight excluding hydrogens is 385 g/mol. The number of pyridine rings is 1. The predicted molar refractivity (Wildman–Crippen MR) is 98.0 cm³/mol. The van der Waals surface area contributed by atoms with Gasteiger partial charge in [0.15, 0.2) is 17.2 Å². The van der Waals surface area contributed by atoms with Gasteiger partial charge in [-0.3, -0.25) is 9.48 Å². The number of halogens is 3. The number of carbonyl (C=O) groups is 1. The summed E-state index contributed by atoms with van der Waals surface area (Å²) in [6.45, 7) is 0. The number of aryl methyl sites for hydroxylation is 1. The minimum Gasteiger partial charge on any atom is -0.455 e. The standard InChI is InChI=1S/C20H15F3N4O2/c1-26-19(20(21,22)23)15(12-25-26)17(28)11-13-4-6-14(7-5-13)29-18-3-2-10-27-16(18)8-9-24-27/h2-10,12H,11H2,1H3. The van der Waals surface area contributed by atoms with Crippen LogP contribution >= 0.6 is 0 Å². The molecule has 6 nitrogen and oxygen atoms in total. The summed E-state index contributed by atoms with van der Waals surface area (Å²) in [6, 6.07) is 12.0. The first-order chi connectivity index (χ1) is 13.8. The van der Waals surface area contributed by atoms with Crippen LogP contribution in [-0.4, -0.2) is 25.2 Å². The minimum absolute atomic E-state index is 0.173. The molecule has 4 rings (SSSR count). The Labute approximate surface area is 163 Å². The fraction of sp³-hybridized carbons (Fsp3) is 0.150. The van der Waals surface area contributed by atoms with Crippen LogP contribution in [0.2, 0.25) is 0 Å². The molecule has 29 heavy (non-hydrogen) atoms. The lowest BCUT2D eigenvalue weighted by atomic mass is 10.0. The zero-order chi connectivity index (χ0) is 20.6. The van der Waals surface area contributed by atoms with Crippen LogP contribution in [0.5, 0.6) is 11.5 Å². The van der Waals surface area contributed by atoms with Gasteiger partial charge in [0.05, 0.1) is 18.0 Å². The zero-order valence-corrected chi connectivity index (χ0v) is 15.2. The number of rotatable bonds is 5. The molecule has 0 fully saturated rings. The van der Waals surface area contributed by atoms with Gasteiger partial charge in [0.1, 0.15) is 11.3 Å². The van der Waals surface area contributed by atoms with Gasteiger partial charge in [0.2, 0.25) is 0 Å². The number of fused-ring (bicyclic) bond motifs is 1. The average Bonchev–Trinajstić information content (AvgIpc) is 3.30. The maximum atomic E-state index is 13.2. The van der Waals surface area contributed by atoms with E-state index in [-0.39, 0.29) is 6.42 Å². The molecule has 0 aliphatic rings. The minimum atomic E-state index is -4.65. The summed E-state index contributed by atoms with van der Waals surface area (Å²) >= 11 is 0. The number of Topliss-reactive ketones (excluding diaryl/α,β-unsaturated/α-hetero) is 1. The molecule has 1 aromatic carbocycles. The Morgan fingerprint density at radius 2 is 1.86 bits per heavy atom. The van der Waals surface area contributed by atoms with Crippen molar-refractivity contribution in [2.24, 2.45) is 7.05 Å². The van der Waals surface area contributed by atoms with Gasteiger partial charge in [-0.25, -0.2) is 4.52 Å². The highest BCUT2D eigenvalue weighted by Gasteiger charge is 2.39. The Bertz CT molecular complexity index is 1180. The van der Waals surface area contributed by atoms with Crippen LogP contribution < -0.4 is 4.74 Å². The maximum Gasteiger partial charge on any atom is 0.433 e. The van der Waals surface area contributed by atoms with Crippen molar-refractivity contribution in [1.82, 2.24) is 19.4 Å². The van der Waals surface area contributed by atoms with E-state index < -0.39 is 23.2 Å². The van der Waals surface area contributed by atoms with Crippen molar-refractivity contribution in [3.05, 3.63) is 77.9 Å². The lowest BCUT2D eigenvalue weighted by molar-refractivity contribution is -0.144. The predicted octanol–water partition coefficient (Wildman–Crippen LogP) is 4.30. The van der Waals surface area contributed by atoms with E-state index >= 15 is 0 Å². The molecule has 4 aromatic rings. The molecule has 3 heterocycles. The molecule has 0 aliphatic carbocycles. The summed E-state index contributed by atoms with van der Waals surface area (Å²) in [5.74, 6) is 0.495. The summed E-state index contributed by atoms with van der Waals surface area (Å²) in [6.07, 6.45) is -0.417. The van der Waals surface area contributed by atoms with Gasteiger partial charge in [0.25, 0.3) is 0 Å². The molecule has 0 bridgehead atoms. The van der Waals surface area contributed by atoms with Crippen molar-refractivity contribution < 1.29 is 22.7 Å². The highest BCUT2D eigenvalue weighted by molar-refractivity contribution is 5.98. The summed E-state index contributed by atoms with van der Waals surface area (Å²) < 4.78 is 47.7. The molecule has 0 radical (unpaired) electrons. The molecule has 0 saturated heterocycles. The summed E-state index contributed by atoms with van der Waals surface area (Å²) in [5, 5.41) is 7.71. The Hall–Kier alpha value is -3.62. The number of ether oxygens (including phenoxy) is 1. The van der Waals surface area contributed by atoms with Crippen molar-refractivity contribution in [2.45, 2.75) is 12.6 Å². The van der Waals surface area contributed by atoms with E-state index in [4.69, 9.17) is 4.74 Å². The van der Waals surface area contributed by atoms with Crippen LogP contribution in [0, 0.1) is 0 Å². The van der Waals surface area contributed by atoms with Gasteiger partial charge < -0.3 is 4.74 Å². The highest BCUT2D eigenvalue weighted by Crippen LogP contribution is 2.32.